The quantitative estimate of drug-likeness (QED) is 0.898. The van der Waals surface area contributed by atoms with Crippen LogP contribution in [0.25, 0.3) is 0 Å². The molecule has 0 aliphatic carbocycles. The predicted octanol–water partition coefficient (Wildman–Crippen LogP) is 2.22. The second-order valence-corrected chi connectivity index (χ2v) is 4.38. The second-order valence-electron chi connectivity index (χ2n) is 4.38. The van der Waals surface area contributed by atoms with E-state index in [2.05, 4.69) is 10.4 Å². The van der Waals surface area contributed by atoms with Crippen LogP contribution in [0.2, 0.25) is 0 Å². The summed E-state index contributed by atoms with van der Waals surface area (Å²) >= 11 is 0. The molecule has 0 bridgehead atoms. The van der Waals surface area contributed by atoms with E-state index in [1.54, 1.807) is 4.68 Å². The third-order valence-corrected chi connectivity index (χ3v) is 2.98. The molecule has 2 aromatic rings. The van der Waals surface area contributed by atoms with Crippen LogP contribution in [0.1, 0.15) is 17.0 Å². The minimum atomic E-state index is -0.0135. The monoisotopic (exact) mass is 243 g/mol. The van der Waals surface area contributed by atoms with Gasteiger partial charge in [-0.15, -0.1) is 0 Å². The van der Waals surface area contributed by atoms with Crippen molar-refractivity contribution in [3.05, 3.63) is 47.3 Å². The van der Waals surface area contributed by atoms with E-state index in [1.807, 2.05) is 51.2 Å². The first-order valence-electron chi connectivity index (χ1n) is 5.92. The Morgan fingerprint density at radius 1 is 1.28 bits per heavy atom. The molecule has 0 radical (unpaired) electrons. The van der Waals surface area contributed by atoms with Crippen molar-refractivity contribution in [3.8, 4) is 0 Å². The standard InChI is InChI=1S/C14H17N3O/c1-10-14(11(2)17(3)16-10)15-13(18)9-12-7-5-4-6-8-12/h4-8H,9H2,1-3H3,(H,15,18). The second kappa shape index (κ2) is 5.04. The summed E-state index contributed by atoms with van der Waals surface area (Å²) in [5, 5.41) is 7.20. The summed E-state index contributed by atoms with van der Waals surface area (Å²) in [6.07, 6.45) is 0.384. The molecule has 94 valence electrons. The molecule has 1 heterocycles. The van der Waals surface area contributed by atoms with Gasteiger partial charge in [-0.2, -0.15) is 5.10 Å². The van der Waals surface area contributed by atoms with Crippen LogP contribution in [-0.2, 0) is 18.3 Å². The Hall–Kier alpha value is -2.10. The van der Waals surface area contributed by atoms with Crippen molar-refractivity contribution in [2.45, 2.75) is 20.3 Å². The number of aryl methyl sites for hydroxylation is 2. The molecule has 1 N–H and O–H groups in total. The van der Waals surface area contributed by atoms with Crippen LogP contribution >= 0.6 is 0 Å². The average molecular weight is 243 g/mol. The molecule has 1 aromatic carbocycles. The summed E-state index contributed by atoms with van der Waals surface area (Å²) in [5.74, 6) is -0.0135. The fourth-order valence-electron chi connectivity index (χ4n) is 1.92. The highest BCUT2D eigenvalue weighted by Gasteiger charge is 2.12. The number of anilines is 1. The normalized spacial score (nSPS) is 10.4. The lowest BCUT2D eigenvalue weighted by atomic mass is 10.1. The highest BCUT2D eigenvalue weighted by atomic mass is 16.1. The lowest BCUT2D eigenvalue weighted by Crippen LogP contribution is -2.15. The van der Waals surface area contributed by atoms with Crippen LogP contribution in [0.3, 0.4) is 0 Å². The largest absolute Gasteiger partial charge is 0.323 e. The van der Waals surface area contributed by atoms with E-state index in [9.17, 15) is 4.79 Å². The zero-order chi connectivity index (χ0) is 13.1. The fraction of sp³-hybridized carbons (Fsp3) is 0.286. The Morgan fingerprint density at radius 3 is 2.50 bits per heavy atom. The van der Waals surface area contributed by atoms with E-state index in [0.29, 0.717) is 6.42 Å². The molecular weight excluding hydrogens is 226 g/mol. The summed E-state index contributed by atoms with van der Waals surface area (Å²) in [6.45, 7) is 3.84. The van der Waals surface area contributed by atoms with Crippen LogP contribution in [0.4, 0.5) is 5.69 Å². The molecule has 0 atom stereocenters. The van der Waals surface area contributed by atoms with E-state index >= 15 is 0 Å². The van der Waals surface area contributed by atoms with Crippen molar-refractivity contribution >= 4 is 11.6 Å². The molecule has 0 fully saturated rings. The predicted molar refractivity (Wildman–Crippen MR) is 71.5 cm³/mol. The number of rotatable bonds is 3. The molecule has 18 heavy (non-hydrogen) atoms. The Kier molecular flexibility index (Phi) is 3.46. The Balaban J connectivity index is 2.08. The molecule has 0 unspecified atom stereocenters. The summed E-state index contributed by atoms with van der Waals surface area (Å²) in [6, 6.07) is 9.70. The summed E-state index contributed by atoms with van der Waals surface area (Å²) in [5.41, 5.74) is 3.64. The van der Waals surface area contributed by atoms with Gasteiger partial charge in [0.2, 0.25) is 5.91 Å². The third kappa shape index (κ3) is 2.59. The van der Waals surface area contributed by atoms with Gasteiger partial charge in [-0.1, -0.05) is 30.3 Å². The van der Waals surface area contributed by atoms with Crippen molar-refractivity contribution in [1.82, 2.24) is 9.78 Å². The van der Waals surface area contributed by atoms with Gasteiger partial charge < -0.3 is 5.32 Å². The van der Waals surface area contributed by atoms with Crippen molar-refractivity contribution in [2.75, 3.05) is 5.32 Å². The van der Waals surface area contributed by atoms with Crippen molar-refractivity contribution in [1.29, 1.82) is 0 Å². The fourth-order valence-corrected chi connectivity index (χ4v) is 1.92. The number of carbonyl (C=O) groups excluding carboxylic acids is 1. The number of nitrogens with one attached hydrogen (secondary N) is 1. The highest BCUT2D eigenvalue weighted by Crippen LogP contribution is 2.18. The molecule has 2 rings (SSSR count). The maximum Gasteiger partial charge on any atom is 0.228 e. The SMILES string of the molecule is Cc1nn(C)c(C)c1NC(=O)Cc1ccccc1. The minimum absolute atomic E-state index is 0.0135. The van der Waals surface area contributed by atoms with Crippen LogP contribution in [0.5, 0.6) is 0 Å². The first-order valence-corrected chi connectivity index (χ1v) is 5.92. The van der Waals surface area contributed by atoms with E-state index in [-0.39, 0.29) is 5.91 Å². The van der Waals surface area contributed by atoms with Gasteiger partial charge in [0.1, 0.15) is 0 Å². The summed E-state index contributed by atoms with van der Waals surface area (Å²) in [7, 11) is 1.87. The summed E-state index contributed by atoms with van der Waals surface area (Å²) in [4.78, 5) is 11.9. The van der Waals surface area contributed by atoms with Crippen molar-refractivity contribution in [3.63, 3.8) is 0 Å². The molecule has 1 aromatic heterocycles. The summed E-state index contributed by atoms with van der Waals surface area (Å²) < 4.78 is 1.77. The zero-order valence-corrected chi connectivity index (χ0v) is 10.9. The number of hydrogen-bond donors (Lipinski definition) is 1. The van der Waals surface area contributed by atoms with Crippen molar-refractivity contribution < 1.29 is 4.79 Å². The van der Waals surface area contributed by atoms with E-state index in [0.717, 1.165) is 22.6 Å². The van der Waals surface area contributed by atoms with Gasteiger partial charge in [-0.05, 0) is 19.4 Å². The number of carbonyl (C=O) groups is 1. The number of hydrogen-bond acceptors (Lipinski definition) is 2. The van der Waals surface area contributed by atoms with Crippen LogP contribution in [0.15, 0.2) is 30.3 Å². The molecule has 4 nitrogen and oxygen atoms in total. The van der Waals surface area contributed by atoms with Crippen LogP contribution in [0, 0.1) is 13.8 Å². The topological polar surface area (TPSA) is 46.9 Å². The minimum Gasteiger partial charge on any atom is -0.323 e. The Bertz CT molecular complexity index is 558. The Labute approximate surface area is 107 Å². The number of nitrogens with zero attached hydrogens (tertiary/aromatic N) is 2. The third-order valence-electron chi connectivity index (χ3n) is 2.98. The number of aromatic nitrogens is 2. The zero-order valence-electron chi connectivity index (χ0n) is 10.9. The average Bonchev–Trinajstić information content (AvgIpc) is 2.57. The molecular formula is C14H17N3O. The Morgan fingerprint density at radius 2 is 1.94 bits per heavy atom. The molecule has 0 aliphatic heterocycles. The molecule has 0 saturated heterocycles. The van der Waals surface area contributed by atoms with Gasteiger partial charge in [0.05, 0.1) is 23.5 Å². The lowest BCUT2D eigenvalue weighted by molar-refractivity contribution is -0.115. The maximum atomic E-state index is 11.9. The smallest absolute Gasteiger partial charge is 0.228 e. The van der Waals surface area contributed by atoms with Gasteiger partial charge in [-0.3, -0.25) is 9.48 Å². The lowest BCUT2D eigenvalue weighted by Gasteiger charge is -2.05. The first-order chi connectivity index (χ1) is 8.58. The van der Waals surface area contributed by atoms with Crippen LogP contribution < -0.4 is 5.32 Å². The number of benzene rings is 1. The van der Waals surface area contributed by atoms with E-state index in [1.165, 1.54) is 0 Å². The van der Waals surface area contributed by atoms with E-state index < -0.39 is 0 Å². The van der Waals surface area contributed by atoms with Crippen molar-refractivity contribution in [2.24, 2.45) is 7.05 Å². The van der Waals surface area contributed by atoms with E-state index in [4.69, 9.17) is 0 Å². The molecule has 1 amide bonds. The van der Waals surface area contributed by atoms with Gasteiger partial charge in [0.15, 0.2) is 0 Å². The van der Waals surface area contributed by atoms with Gasteiger partial charge in [0, 0.05) is 7.05 Å². The molecule has 0 aliphatic rings. The van der Waals surface area contributed by atoms with Crippen LogP contribution in [-0.4, -0.2) is 15.7 Å². The van der Waals surface area contributed by atoms with Gasteiger partial charge >= 0.3 is 0 Å². The highest BCUT2D eigenvalue weighted by molar-refractivity contribution is 5.93. The molecule has 0 spiro atoms. The molecule has 0 saturated carbocycles. The van der Waals surface area contributed by atoms with Gasteiger partial charge in [-0.25, -0.2) is 0 Å². The first kappa shape index (κ1) is 12.4. The van der Waals surface area contributed by atoms with Gasteiger partial charge in [0.25, 0.3) is 0 Å². The maximum absolute atomic E-state index is 11.9. The molecule has 4 heteroatoms. The number of amides is 1.